The lowest BCUT2D eigenvalue weighted by Crippen LogP contribution is -2.57. The van der Waals surface area contributed by atoms with Crippen LogP contribution in [0.5, 0.6) is 0 Å². The fraction of sp³-hybridized carbons (Fsp3) is 0.579. The third-order valence-corrected chi connectivity index (χ3v) is 4.88. The third kappa shape index (κ3) is 4.77. The molecular formula is C19H25F3N2O2. The van der Waals surface area contributed by atoms with Crippen LogP contribution in [-0.2, 0) is 15.8 Å². The van der Waals surface area contributed by atoms with E-state index in [0.717, 1.165) is 25.0 Å². The van der Waals surface area contributed by atoms with Crippen molar-refractivity contribution in [1.29, 1.82) is 0 Å². The number of amides is 2. The Morgan fingerprint density at radius 1 is 1.23 bits per heavy atom. The number of carbonyl (C=O) groups is 2. The summed E-state index contributed by atoms with van der Waals surface area (Å²) >= 11 is 0. The monoisotopic (exact) mass is 370 g/mol. The zero-order valence-electron chi connectivity index (χ0n) is 15.1. The quantitative estimate of drug-likeness (QED) is 0.801. The Morgan fingerprint density at radius 2 is 1.88 bits per heavy atom. The van der Waals surface area contributed by atoms with Gasteiger partial charge in [-0.15, -0.1) is 0 Å². The number of likely N-dealkylation sites (N-methyl/N-ethyl adjacent to an activating group) is 1. The van der Waals surface area contributed by atoms with Gasteiger partial charge in [-0.25, -0.2) is 0 Å². The zero-order chi connectivity index (χ0) is 19.4. The highest BCUT2D eigenvalue weighted by atomic mass is 19.4. The molecule has 144 valence electrons. The molecule has 0 aromatic heterocycles. The summed E-state index contributed by atoms with van der Waals surface area (Å²) in [5.41, 5.74) is -1.16. The van der Waals surface area contributed by atoms with Crippen molar-refractivity contribution in [3.63, 3.8) is 0 Å². The molecule has 0 aliphatic heterocycles. The molecule has 1 saturated carbocycles. The van der Waals surface area contributed by atoms with E-state index in [0.29, 0.717) is 24.9 Å². The highest BCUT2D eigenvalue weighted by Crippen LogP contribution is 2.33. The maximum absolute atomic E-state index is 12.9. The van der Waals surface area contributed by atoms with Crippen molar-refractivity contribution < 1.29 is 22.8 Å². The topological polar surface area (TPSA) is 58.2 Å². The molecule has 0 bridgehead atoms. The molecule has 2 amide bonds. The molecule has 1 aromatic carbocycles. The molecule has 4 nitrogen and oxygen atoms in total. The molecule has 1 atom stereocenters. The van der Waals surface area contributed by atoms with Crippen LogP contribution in [0.1, 0.15) is 63.0 Å². The van der Waals surface area contributed by atoms with E-state index in [2.05, 4.69) is 10.6 Å². The molecule has 26 heavy (non-hydrogen) atoms. The van der Waals surface area contributed by atoms with Gasteiger partial charge in [0.1, 0.15) is 5.54 Å². The van der Waals surface area contributed by atoms with E-state index >= 15 is 0 Å². The largest absolute Gasteiger partial charge is 0.416 e. The molecule has 1 aromatic rings. The minimum atomic E-state index is -4.41. The minimum Gasteiger partial charge on any atom is -0.354 e. The van der Waals surface area contributed by atoms with Crippen molar-refractivity contribution >= 4 is 11.8 Å². The summed E-state index contributed by atoms with van der Waals surface area (Å²) in [6.45, 7) is 4.01. The first kappa shape index (κ1) is 20.3. The second kappa shape index (κ2) is 8.10. The summed E-state index contributed by atoms with van der Waals surface area (Å²) in [6.07, 6.45) is -1.49. The predicted molar refractivity (Wildman–Crippen MR) is 92.5 cm³/mol. The van der Waals surface area contributed by atoms with Gasteiger partial charge >= 0.3 is 6.18 Å². The molecule has 1 aliphatic carbocycles. The fourth-order valence-corrected chi connectivity index (χ4v) is 3.45. The average Bonchev–Trinajstić information content (AvgIpc) is 3.04. The van der Waals surface area contributed by atoms with Gasteiger partial charge in [0.25, 0.3) is 0 Å². The van der Waals surface area contributed by atoms with E-state index in [-0.39, 0.29) is 24.2 Å². The van der Waals surface area contributed by atoms with E-state index in [1.807, 2.05) is 6.92 Å². The first-order valence-corrected chi connectivity index (χ1v) is 8.94. The van der Waals surface area contributed by atoms with Crippen molar-refractivity contribution in [2.45, 2.75) is 63.6 Å². The molecule has 0 heterocycles. The van der Waals surface area contributed by atoms with Gasteiger partial charge in [-0.2, -0.15) is 13.2 Å². The van der Waals surface area contributed by atoms with Crippen LogP contribution in [0.2, 0.25) is 0 Å². The summed E-state index contributed by atoms with van der Waals surface area (Å²) in [5, 5.41) is 5.61. The highest BCUT2D eigenvalue weighted by Gasteiger charge is 2.42. The molecule has 1 aliphatic rings. The number of alkyl halides is 3. The first-order valence-electron chi connectivity index (χ1n) is 8.94. The summed E-state index contributed by atoms with van der Waals surface area (Å²) < 4.78 is 38.6. The zero-order valence-corrected chi connectivity index (χ0v) is 15.1. The lowest BCUT2D eigenvalue weighted by Gasteiger charge is -2.29. The van der Waals surface area contributed by atoms with Crippen LogP contribution < -0.4 is 10.6 Å². The van der Waals surface area contributed by atoms with Crippen LogP contribution in [0.4, 0.5) is 13.2 Å². The standard InChI is InChI=1S/C19H25F3N2O2/c1-3-23-17(26)18(9-4-5-10-18)24-16(25)11-13(2)14-7-6-8-15(12-14)19(20,21)22/h6-8,12-13H,3-5,9-11H2,1-2H3,(H,23,26)(H,24,25). The van der Waals surface area contributed by atoms with Crippen molar-refractivity contribution in [1.82, 2.24) is 10.6 Å². The molecule has 0 saturated heterocycles. The molecule has 2 N–H and O–H groups in total. The Balaban J connectivity index is 2.06. The van der Waals surface area contributed by atoms with E-state index in [1.54, 1.807) is 13.0 Å². The van der Waals surface area contributed by atoms with Crippen LogP contribution in [0, 0.1) is 0 Å². The number of carbonyl (C=O) groups excluding carboxylic acids is 2. The van der Waals surface area contributed by atoms with E-state index < -0.39 is 17.3 Å². The number of halogens is 3. The number of rotatable bonds is 6. The van der Waals surface area contributed by atoms with E-state index in [4.69, 9.17) is 0 Å². The van der Waals surface area contributed by atoms with E-state index in [1.165, 1.54) is 6.07 Å². The van der Waals surface area contributed by atoms with Gasteiger partial charge in [-0.05, 0) is 37.3 Å². The van der Waals surface area contributed by atoms with Gasteiger partial charge < -0.3 is 10.6 Å². The van der Waals surface area contributed by atoms with Crippen molar-refractivity contribution in [3.8, 4) is 0 Å². The molecule has 7 heteroatoms. The Kier molecular flexibility index (Phi) is 6.31. The summed E-state index contributed by atoms with van der Waals surface area (Å²) in [7, 11) is 0. The van der Waals surface area contributed by atoms with Gasteiger partial charge in [-0.1, -0.05) is 38.0 Å². The maximum Gasteiger partial charge on any atom is 0.416 e. The number of nitrogens with one attached hydrogen (secondary N) is 2. The van der Waals surface area contributed by atoms with E-state index in [9.17, 15) is 22.8 Å². The predicted octanol–water partition coefficient (Wildman–Crippen LogP) is 3.76. The Bertz CT molecular complexity index is 652. The Hall–Kier alpha value is -2.05. The van der Waals surface area contributed by atoms with Crippen LogP contribution in [0.15, 0.2) is 24.3 Å². The molecule has 2 rings (SSSR count). The average molecular weight is 370 g/mol. The van der Waals surface area contributed by atoms with Crippen molar-refractivity contribution in [2.75, 3.05) is 6.54 Å². The number of benzene rings is 1. The molecule has 0 radical (unpaired) electrons. The lowest BCUT2D eigenvalue weighted by molar-refractivity contribution is -0.137. The number of hydrogen-bond donors (Lipinski definition) is 2. The highest BCUT2D eigenvalue weighted by molar-refractivity contribution is 5.92. The normalized spacial score (nSPS) is 17.6. The maximum atomic E-state index is 12.9. The van der Waals surface area contributed by atoms with Crippen LogP contribution in [-0.4, -0.2) is 23.9 Å². The molecule has 1 fully saturated rings. The Labute approximate surface area is 151 Å². The SMILES string of the molecule is CCNC(=O)C1(NC(=O)CC(C)c2cccc(C(F)(F)F)c2)CCCC1. The van der Waals surface area contributed by atoms with Crippen LogP contribution >= 0.6 is 0 Å². The van der Waals surface area contributed by atoms with Gasteiger partial charge in [0, 0.05) is 13.0 Å². The summed E-state index contributed by atoms with van der Waals surface area (Å²) in [6, 6.07) is 5.02. The van der Waals surface area contributed by atoms with Gasteiger partial charge in [0.05, 0.1) is 5.56 Å². The first-order chi connectivity index (χ1) is 12.2. The van der Waals surface area contributed by atoms with Gasteiger partial charge in [-0.3, -0.25) is 9.59 Å². The summed E-state index contributed by atoms with van der Waals surface area (Å²) in [5.74, 6) is -0.884. The van der Waals surface area contributed by atoms with Crippen molar-refractivity contribution in [3.05, 3.63) is 35.4 Å². The molecular weight excluding hydrogens is 345 g/mol. The Morgan fingerprint density at radius 3 is 2.46 bits per heavy atom. The smallest absolute Gasteiger partial charge is 0.354 e. The molecule has 0 spiro atoms. The third-order valence-electron chi connectivity index (χ3n) is 4.88. The fourth-order valence-electron chi connectivity index (χ4n) is 3.45. The van der Waals surface area contributed by atoms with Crippen LogP contribution in [0.3, 0.4) is 0 Å². The number of hydrogen-bond acceptors (Lipinski definition) is 2. The van der Waals surface area contributed by atoms with Gasteiger partial charge in [0.15, 0.2) is 0 Å². The van der Waals surface area contributed by atoms with Gasteiger partial charge in [0.2, 0.25) is 11.8 Å². The van der Waals surface area contributed by atoms with Crippen molar-refractivity contribution in [2.24, 2.45) is 0 Å². The summed E-state index contributed by atoms with van der Waals surface area (Å²) in [4.78, 5) is 24.8. The molecule has 1 unspecified atom stereocenters. The van der Waals surface area contributed by atoms with Crippen LogP contribution in [0.25, 0.3) is 0 Å². The minimum absolute atomic E-state index is 0.0302. The second-order valence-corrected chi connectivity index (χ2v) is 6.93. The lowest BCUT2D eigenvalue weighted by atomic mass is 9.93. The second-order valence-electron chi connectivity index (χ2n) is 6.93.